The number of nitrogens with one attached hydrogen (secondary N) is 2. The van der Waals surface area contributed by atoms with Crippen LogP contribution < -0.4 is 21.4 Å². The number of hydrazone groups is 1. The zero-order valence-electron chi connectivity index (χ0n) is 16.1. The molecule has 1 aromatic heterocycles. The number of rotatable bonds is 5. The summed E-state index contributed by atoms with van der Waals surface area (Å²) in [6.45, 7) is 0.106. The molecule has 9 nitrogen and oxygen atoms in total. The molecule has 0 saturated heterocycles. The van der Waals surface area contributed by atoms with Crippen molar-refractivity contribution in [1.29, 1.82) is 0 Å². The number of phenolic OH excluding ortho intramolecular Hbond substituents is 1. The van der Waals surface area contributed by atoms with Gasteiger partial charge in [0.25, 0.3) is 5.56 Å². The van der Waals surface area contributed by atoms with E-state index in [0.717, 1.165) is 15.7 Å². The Morgan fingerprint density at radius 1 is 1.17 bits per heavy atom. The summed E-state index contributed by atoms with van der Waals surface area (Å²) in [5, 5.41) is 24.7. The number of aromatic hydroxyl groups is 2. The van der Waals surface area contributed by atoms with E-state index in [9.17, 15) is 19.8 Å². The molecule has 0 fully saturated rings. The predicted octanol–water partition coefficient (Wildman–Crippen LogP) is 1.44. The van der Waals surface area contributed by atoms with Crippen LogP contribution in [0.5, 0.6) is 17.4 Å². The van der Waals surface area contributed by atoms with Gasteiger partial charge < -0.3 is 20.4 Å². The largest absolute Gasteiger partial charge is 0.504 e. The lowest BCUT2D eigenvalue weighted by atomic mass is 9.99. The van der Waals surface area contributed by atoms with Gasteiger partial charge in [-0.25, -0.2) is 4.79 Å². The molecule has 30 heavy (non-hydrogen) atoms. The first-order valence-electron chi connectivity index (χ1n) is 9.27. The van der Waals surface area contributed by atoms with Crippen LogP contribution >= 0.6 is 0 Å². The van der Waals surface area contributed by atoms with E-state index in [1.165, 1.54) is 13.2 Å². The Kier molecular flexibility index (Phi) is 5.01. The Hall–Kier alpha value is -4.01. The Morgan fingerprint density at radius 3 is 2.67 bits per heavy atom. The van der Waals surface area contributed by atoms with Crippen molar-refractivity contribution in [3.8, 4) is 17.4 Å². The molecule has 0 spiro atoms. The van der Waals surface area contributed by atoms with Crippen LogP contribution in [0.4, 0.5) is 0 Å². The van der Waals surface area contributed by atoms with Gasteiger partial charge in [-0.1, -0.05) is 36.4 Å². The second-order valence-corrected chi connectivity index (χ2v) is 6.91. The lowest BCUT2D eigenvalue weighted by molar-refractivity contribution is 0.372. The summed E-state index contributed by atoms with van der Waals surface area (Å²) < 4.78 is 6.23. The maximum Gasteiger partial charge on any atom is 0.331 e. The third-order valence-electron chi connectivity index (χ3n) is 5.00. The quantitative estimate of drug-likeness (QED) is 0.506. The second-order valence-electron chi connectivity index (χ2n) is 6.91. The molecule has 0 aliphatic carbocycles. The molecule has 154 valence electrons. The SMILES string of the molecule is COc1cc(C2CC(c3c(O)n(Cc4ccccc4)c(=O)[nH]c3=O)=NN2)ccc1O. The van der Waals surface area contributed by atoms with Crippen molar-refractivity contribution in [2.24, 2.45) is 5.10 Å². The fourth-order valence-electron chi connectivity index (χ4n) is 3.43. The summed E-state index contributed by atoms with van der Waals surface area (Å²) in [5.41, 5.74) is 3.39. The van der Waals surface area contributed by atoms with Gasteiger partial charge in [-0.2, -0.15) is 5.10 Å². The van der Waals surface area contributed by atoms with Gasteiger partial charge in [0.15, 0.2) is 11.5 Å². The average Bonchev–Trinajstić information content (AvgIpc) is 3.22. The minimum absolute atomic E-state index is 0.0162. The van der Waals surface area contributed by atoms with Crippen molar-refractivity contribution in [3.63, 3.8) is 0 Å². The molecule has 3 aromatic rings. The van der Waals surface area contributed by atoms with Gasteiger partial charge in [0.2, 0.25) is 5.88 Å². The van der Waals surface area contributed by atoms with Crippen molar-refractivity contribution in [1.82, 2.24) is 15.0 Å². The molecule has 0 radical (unpaired) electrons. The van der Waals surface area contributed by atoms with Crippen LogP contribution in [0.3, 0.4) is 0 Å². The third kappa shape index (κ3) is 3.52. The third-order valence-corrected chi connectivity index (χ3v) is 5.00. The average molecular weight is 408 g/mol. The van der Waals surface area contributed by atoms with E-state index in [-0.39, 0.29) is 23.9 Å². The van der Waals surface area contributed by atoms with Gasteiger partial charge in [0, 0.05) is 6.42 Å². The molecular weight excluding hydrogens is 388 g/mol. The molecule has 9 heteroatoms. The fourth-order valence-corrected chi connectivity index (χ4v) is 3.43. The maximum absolute atomic E-state index is 12.5. The van der Waals surface area contributed by atoms with Crippen LogP contribution in [-0.4, -0.2) is 32.6 Å². The highest BCUT2D eigenvalue weighted by Gasteiger charge is 2.27. The summed E-state index contributed by atoms with van der Waals surface area (Å²) >= 11 is 0. The number of aromatic amines is 1. The summed E-state index contributed by atoms with van der Waals surface area (Å²) in [6, 6.07) is 13.7. The molecule has 0 bridgehead atoms. The molecule has 2 heterocycles. The number of hydrogen-bond acceptors (Lipinski definition) is 7. The fraction of sp³-hybridized carbons (Fsp3) is 0.190. The van der Waals surface area contributed by atoms with E-state index in [0.29, 0.717) is 17.9 Å². The van der Waals surface area contributed by atoms with E-state index in [1.54, 1.807) is 12.1 Å². The van der Waals surface area contributed by atoms with Crippen molar-refractivity contribution >= 4 is 5.71 Å². The molecule has 4 rings (SSSR count). The molecule has 1 unspecified atom stereocenters. The zero-order chi connectivity index (χ0) is 21.3. The summed E-state index contributed by atoms with van der Waals surface area (Å²) in [4.78, 5) is 27.0. The standard InChI is InChI=1S/C21H20N4O5/c1-30-17-9-13(7-8-16(17)26)14-10-15(24-23-14)18-19(27)22-21(29)25(20(18)28)11-12-5-3-2-4-6-12/h2-9,14,23,26,28H,10-11H2,1H3,(H,22,27,29). The van der Waals surface area contributed by atoms with Gasteiger partial charge >= 0.3 is 5.69 Å². The molecule has 1 aliphatic rings. The highest BCUT2D eigenvalue weighted by molar-refractivity contribution is 6.03. The number of nitrogens with zero attached hydrogens (tertiary/aromatic N) is 2. The first kappa shape index (κ1) is 19.3. The maximum atomic E-state index is 12.5. The van der Waals surface area contributed by atoms with E-state index in [1.807, 2.05) is 30.3 Å². The van der Waals surface area contributed by atoms with Crippen LogP contribution in [0.15, 0.2) is 63.2 Å². The van der Waals surface area contributed by atoms with E-state index >= 15 is 0 Å². The smallest absolute Gasteiger partial charge is 0.331 e. The molecular formula is C21H20N4O5. The summed E-state index contributed by atoms with van der Waals surface area (Å²) in [6.07, 6.45) is 0.300. The van der Waals surface area contributed by atoms with Crippen LogP contribution in [0.1, 0.15) is 29.2 Å². The topological polar surface area (TPSA) is 129 Å². The lowest BCUT2D eigenvalue weighted by Gasteiger charge is -2.13. The van der Waals surface area contributed by atoms with Gasteiger partial charge in [0.05, 0.1) is 25.4 Å². The normalized spacial score (nSPS) is 15.5. The van der Waals surface area contributed by atoms with Gasteiger partial charge in [-0.05, 0) is 23.3 Å². The van der Waals surface area contributed by atoms with Crippen LogP contribution in [0.25, 0.3) is 0 Å². The number of aromatic nitrogens is 2. The van der Waals surface area contributed by atoms with E-state index in [4.69, 9.17) is 4.74 Å². The van der Waals surface area contributed by atoms with E-state index in [2.05, 4.69) is 15.5 Å². The summed E-state index contributed by atoms with van der Waals surface area (Å²) in [7, 11) is 1.45. The number of hydrogen-bond donors (Lipinski definition) is 4. The molecule has 4 N–H and O–H groups in total. The van der Waals surface area contributed by atoms with Crippen molar-refractivity contribution in [2.75, 3.05) is 7.11 Å². The Morgan fingerprint density at radius 2 is 1.93 bits per heavy atom. The number of phenols is 1. The van der Waals surface area contributed by atoms with Crippen LogP contribution in [-0.2, 0) is 6.54 Å². The first-order valence-corrected chi connectivity index (χ1v) is 9.27. The van der Waals surface area contributed by atoms with Gasteiger partial charge in [0.1, 0.15) is 5.56 Å². The molecule has 2 aromatic carbocycles. The molecule has 0 amide bonds. The number of methoxy groups -OCH3 is 1. The second kappa shape index (κ2) is 7.78. The van der Waals surface area contributed by atoms with Gasteiger partial charge in [-0.3, -0.25) is 14.3 Å². The molecule has 1 atom stereocenters. The van der Waals surface area contributed by atoms with E-state index < -0.39 is 17.1 Å². The summed E-state index contributed by atoms with van der Waals surface area (Å²) in [5.74, 6) is -0.0978. The number of ether oxygens (including phenoxy) is 1. The minimum atomic E-state index is -0.703. The molecule has 1 aliphatic heterocycles. The van der Waals surface area contributed by atoms with Crippen LogP contribution in [0.2, 0.25) is 0 Å². The lowest BCUT2D eigenvalue weighted by Crippen LogP contribution is -2.34. The predicted molar refractivity (Wildman–Crippen MR) is 110 cm³/mol. The number of H-pyrrole nitrogens is 1. The van der Waals surface area contributed by atoms with Crippen molar-refractivity contribution in [3.05, 3.63) is 86.1 Å². The van der Waals surface area contributed by atoms with Gasteiger partial charge in [-0.15, -0.1) is 0 Å². The minimum Gasteiger partial charge on any atom is -0.504 e. The highest BCUT2D eigenvalue weighted by Crippen LogP contribution is 2.32. The molecule has 0 saturated carbocycles. The van der Waals surface area contributed by atoms with Crippen LogP contribution in [0, 0.1) is 0 Å². The Bertz CT molecular complexity index is 1230. The zero-order valence-corrected chi connectivity index (χ0v) is 16.1. The first-order chi connectivity index (χ1) is 14.5. The monoisotopic (exact) mass is 408 g/mol. The number of benzene rings is 2. The van der Waals surface area contributed by atoms with Crippen molar-refractivity contribution < 1.29 is 14.9 Å². The highest BCUT2D eigenvalue weighted by atomic mass is 16.5. The Labute approximate surface area is 170 Å². The Balaban J connectivity index is 1.65. The van der Waals surface area contributed by atoms with Crippen molar-refractivity contribution in [2.45, 2.75) is 19.0 Å².